The summed E-state index contributed by atoms with van der Waals surface area (Å²) in [4.78, 5) is 0. The molecule has 0 atom stereocenters. The molecule has 18 heavy (non-hydrogen) atoms. The van der Waals surface area contributed by atoms with Crippen molar-refractivity contribution in [3.8, 4) is 5.75 Å². The fraction of sp³-hybridized carbons (Fsp3) is 0.571. The van der Waals surface area contributed by atoms with Gasteiger partial charge in [-0.2, -0.15) is 0 Å². The van der Waals surface area contributed by atoms with Gasteiger partial charge in [-0.3, -0.25) is 0 Å². The summed E-state index contributed by atoms with van der Waals surface area (Å²) in [5, 5.41) is 13.2. The molecule has 1 aliphatic carbocycles. The standard InChI is InChI=1S/C14H19Br2NO/c1-2-3-14(4-5-14)9-17-8-10-6-11(15)13(18)12(16)7-10/h6-7,17-18H,2-5,8-9H2,1H3. The molecule has 1 aliphatic rings. The number of halogens is 2. The van der Waals surface area contributed by atoms with Gasteiger partial charge < -0.3 is 10.4 Å². The van der Waals surface area contributed by atoms with E-state index in [2.05, 4.69) is 44.1 Å². The van der Waals surface area contributed by atoms with Gasteiger partial charge in [-0.05, 0) is 74.2 Å². The Morgan fingerprint density at radius 2 is 1.89 bits per heavy atom. The highest BCUT2D eigenvalue weighted by molar-refractivity contribution is 9.11. The molecular weight excluding hydrogens is 358 g/mol. The summed E-state index contributed by atoms with van der Waals surface area (Å²) in [6.45, 7) is 4.22. The Hall–Kier alpha value is -0.0600. The normalized spacial score (nSPS) is 16.8. The van der Waals surface area contributed by atoms with Crippen LogP contribution in [-0.4, -0.2) is 11.7 Å². The molecule has 2 N–H and O–H groups in total. The molecule has 0 amide bonds. The molecule has 0 aromatic heterocycles. The van der Waals surface area contributed by atoms with Crippen molar-refractivity contribution in [3.05, 3.63) is 26.6 Å². The van der Waals surface area contributed by atoms with Crippen LogP contribution in [0.5, 0.6) is 5.75 Å². The number of phenolic OH excluding ortho intramolecular Hbond substituents is 1. The summed E-state index contributed by atoms with van der Waals surface area (Å²) < 4.78 is 1.48. The summed E-state index contributed by atoms with van der Waals surface area (Å²) in [5.74, 6) is 0.267. The molecule has 0 aliphatic heterocycles. The number of nitrogens with one attached hydrogen (secondary N) is 1. The smallest absolute Gasteiger partial charge is 0.143 e. The van der Waals surface area contributed by atoms with Crippen molar-refractivity contribution in [2.75, 3.05) is 6.54 Å². The lowest BCUT2D eigenvalue weighted by molar-refractivity contribution is 0.420. The molecule has 0 saturated heterocycles. The van der Waals surface area contributed by atoms with Crippen molar-refractivity contribution >= 4 is 31.9 Å². The third kappa shape index (κ3) is 3.49. The van der Waals surface area contributed by atoms with E-state index in [0.29, 0.717) is 5.41 Å². The molecule has 2 rings (SSSR count). The monoisotopic (exact) mass is 375 g/mol. The van der Waals surface area contributed by atoms with Crippen LogP contribution < -0.4 is 5.32 Å². The van der Waals surface area contributed by atoms with Gasteiger partial charge in [-0.1, -0.05) is 13.3 Å². The fourth-order valence-corrected chi connectivity index (χ4v) is 3.70. The highest BCUT2D eigenvalue weighted by atomic mass is 79.9. The average Bonchev–Trinajstić information content (AvgIpc) is 3.06. The first-order valence-corrected chi connectivity index (χ1v) is 8.02. The molecule has 1 fully saturated rings. The summed E-state index contributed by atoms with van der Waals surface area (Å²) in [6, 6.07) is 3.93. The van der Waals surface area contributed by atoms with E-state index in [0.717, 1.165) is 22.0 Å². The number of aromatic hydroxyl groups is 1. The first kappa shape index (κ1) is 14.4. The van der Waals surface area contributed by atoms with Crippen LogP contribution in [0.4, 0.5) is 0 Å². The number of hydrogen-bond acceptors (Lipinski definition) is 2. The second kappa shape index (κ2) is 5.93. The maximum Gasteiger partial charge on any atom is 0.143 e. The zero-order valence-corrected chi connectivity index (χ0v) is 13.8. The third-order valence-electron chi connectivity index (χ3n) is 3.64. The quantitative estimate of drug-likeness (QED) is 0.761. The first-order chi connectivity index (χ1) is 8.56. The summed E-state index contributed by atoms with van der Waals surface area (Å²) in [6.07, 6.45) is 5.36. The minimum atomic E-state index is 0.267. The molecular formula is C14H19Br2NO. The highest BCUT2D eigenvalue weighted by Gasteiger charge is 2.40. The van der Waals surface area contributed by atoms with Crippen LogP contribution in [0.3, 0.4) is 0 Å². The zero-order valence-electron chi connectivity index (χ0n) is 10.6. The van der Waals surface area contributed by atoms with Crippen molar-refractivity contribution in [1.82, 2.24) is 5.32 Å². The summed E-state index contributed by atoms with van der Waals surface area (Å²) in [5.41, 5.74) is 1.76. The van der Waals surface area contributed by atoms with E-state index >= 15 is 0 Å². The van der Waals surface area contributed by atoms with Crippen molar-refractivity contribution in [2.24, 2.45) is 5.41 Å². The Labute approximate surface area is 125 Å². The van der Waals surface area contributed by atoms with E-state index in [4.69, 9.17) is 0 Å². The maximum atomic E-state index is 9.65. The van der Waals surface area contributed by atoms with Gasteiger partial charge in [0, 0.05) is 13.1 Å². The second-order valence-electron chi connectivity index (χ2n) is 5.26. The summed E-state index contributed by atoms with van der Waals surface area (Å²) >= 11 is 6.72. The zero-order chi connectivity index (χ0) is 13.2. The maximum absolute atomic E-state index is 9.65. The van der Waals surface area contributed by atoms with E-state index < -0.39 is 0 Å². The molecule has 1 saturated carbocycles. The van der Waals surface area contributed by atoms with Crippen LogP contribution in [0, 0.1) is 5.41 Å². The molecule has 1 aromatic rings. The Kier molecular flexibility index (Phi) is 4.73. The van der Waals surface area contributed by atoms with Crippen LogP contribution in [-0.2, 0) is 6.54 Å². The second-order valence-corrected chi connectivity index (χ2v) is 6.97. The average molecular weight is 377 g/mol. The minimum absolute atomic E-state index is 0.267. The van der Waals surface area contributed by atoms with E-state index in [1.165, 1.54) is 31.2 Å². The lowest BCUT2D eigenvalue weighted by atomic mass is 10.0. The van der Waals surface area contributed by atoms with E-state index in [1.807, 2.05) is 12.1 Å². The van der Waals surface area contributed by atoms with Gasteiger partial charge in [0.25, 0.3) is 0 Å². The van der Waals surface area contributed by atoms with Gasteiger partial charge in [0.2, 0.25) is 0 Å². The van der Waals surface area contributed by atoms with Gasteiger partial charge in [0.1, 0.15) is 5.75 Å². The topological polar surface area (TPSA) is 32.3 Å². The minimum Gasteiger partial charge on any atom is -0.506 e. The van der Waals surface area contributed by atoms with Crippen LogP contribution in [0.1, 0.15) is 38.2 Å². The molecule has 0 bridgehead atoms. The first-order valence-electron chi connectivity index (χ1n) is 6.44. The van der Waals surface area contributed by atoms with Crippen molar-refractivity contribution in [2.45, 2.75) is 39.2 Å². The van der Waals surface area contributed by atoms with Gasteiger partial charge in [0.15, 0.2) is 0 Å². The SMILES string of the molecule is CCCC1(CNCc2cc(Br)c(O)c(Br)c2)CC1. The van der Waals surface area contributed by atoms with Crippen molar-refractivity contribution in [1.29, 1.82) is 0 Å². The molecule has 1 aromatic carbocycles. The molecule has 100 valence electrons. The number of hydrogen-bond donors (Lipinski definition) is 2. The predicted molar refractivity (Wildman–Crippen MR) is 81.8 cm³/mol. The van der Waals surface area contributed by atoms with Gasteiger partial charge in [-0.25, -0.2) is 0 Å². The van der Waals surface area contributed by atoms with E-state index in [9.17, 15) is 5.11 Å². The Morgan fingerprint density at radius 3 is 2.39 bits per heavy atom. The molecule has 2 nitrogen and oxygen atoms in total. The Balaban J connectivity index is 1.87. The molecule has 0 heterocycles. The highest BCUT2D eigenvalue weighted by Crippen LogP contribution is 2.49. The summed E-state index contributed by atoms with van der Waals surface area (Å²) in [7, 11) is 0. The lowest BCUT2D eigenvalue weighted by Gasteiger charge is -2.15. The number of rotatable bonds is 6. The lowest BCUT2D eigenvalue weighted by Crippen LogP contribution is -2.23. The van der Waals surface area contributed by atoms with Crippen molar-refractivity contribution < 1.29 is 5.11 Å². The fourth-order valence-electron chi connectivity index (χ4n) is 2.41. The van der Waals surface area contributed by atoms with Crippen molar-refractivity contribution in [3.63, 3.8) is 0 Å². The molecule has 0 spiro atoms. The Bertz CT molecular complexity index is 407. The molecule has 0 unspecified atom stereocenters. The van der Waals surface area contributed by atoms with Crippen LogP contribution in [0.25, 0.3) is 0 Å². The van der Waals surface area contributed by atoms with Gasteiger partial charge in [-0.15, -0.1) is 0 Å². The van der Waals surface area contributed by atoms with Crippen LogP contribution >= 0.6 is 31.9 Å². The predicted octanol–water partition coefficient (Wildman–Crippen LogP) is 4.59. The van der Waals surface area contributed by atoms with Gasteiger partial charge in [0.05, 0.1) is 8.95 Å². The van der Waals surface area contributed by atoms with Crippen LogP contribution in [0.2, 0.25) is 0 Å². The number of phenols is 1. The van der Waals surface area contributed by atoms with E-state index in [1.54, 1.807) is 0 Å². The third-order valence-corrected chi connectivity index (χ3v) is 4.85. The Morgan fingerprint density at radius 1 is 1.28 bits per heavy atom. The van der Waals surface area contributed by atoms with Gasteiger partial charge >= 0.3 is 0 Å². The molecule has 4 heteroatoms. The largest absolute Gasteiger partial charge is 0.506 e. The molecule has 0 radical (unpaired) electrons. The number of benzene rings is 1. The van der Waals surface area contributed by atoms with E-state index in [-0.39, 0.29) is 5.75 Å². The van der Waals surface area contributed by atoms with Crippen LogP contribution in [0.15, 0.2) is 21.1 Å².